The van der Waals surface area contributed by atoms with E-state index < -0.39 is 0 Å². The predicted molar refractivity (Wildman–Crippen MR) is 89.7 cm³/mol. The van der Waals surface area contributed by atoms with Crippen molar-refractivity contribution in [2.24, 2.45) is 11.3 Å². The smallest absolute Gasteiger partial charge is 0.0674 e. The van der Waals surface area contributed by atoms with Crippen LogP contribution in [0.4, 0.5) is 0 Å². The highest BCUT2D eigenvalue weighted by Crippen LogP contribution is 2.39. The second-order valence-corrected chi connectivity index (χ2v) is 8.70. The Balaban J connectivity index is 1.97. The van der Waals surface area contributed by atoms with E-state index in [2.05, 4.69) is 44.8 Å². The van der Waals surface area contributed by atoms with Crippen molar-refractivity contribution < 1.29 is 4.74 Å². The first-order chi connectivity index (χ1) is 9.78. The fraction of sp³-hybridized carbons (Fsp3) is 1.00. The van der Waals surface area contributed by atoms with Gasteiger partial charge in [0.25, 0.3) is 0 Å². The van der Waals surface area contributed by atoms with Crippen LogP contribution in [-0.2, 0) is 4.74 Å². The Morgan fingerprint density at radius 3 is 2.43 bits per heavy atom. The third-order valence-corrected chi connectivity index (χ3v) is 5.21. The Labute approximate surface area is 131 Å². The fourth-order valence-electron chi connectivity index (χ4n) is 3.73. The molecule has 0 amide bonds. The van der Waals surface area contributed by atoms with Gasteiger partial charge in [-0.05, 0) is 51.9 Å². The fourth-order valence-corrected chi connectivity index (χ4v) is 3.73. The van der Waals surface area contributed by atoms with E-state index in [1.807, 2.05) is 0 Å². The Morgan fingerprint density at radius 2 is 1.86 bits per heavy atom. The summed E-state index contributed by atoms with van der Waals surface area (Å²) in [7, 11) is 0. The first-order valence-electron chi connectivity index (χ1n) is 8.87. The van der Waals surface area contributed by atoms with Crippen LogP contribution in [0, 0.1) is 11.3 Å². The van der Waals surface area contributed by atoms with Crippen molar-refractivity contribution >= 4 is 0 Å². The van der Waals surface area contributed by atoms with Gasteiger partial charge in [-0.2, -0.15) is 0 Å². The maximum Gasteiger partial charge on any atom is 0.0674 e. The summed E-state index contributed by atoms with van der Waals surface area (Å²) in [6.45, 7) is 17.0. The number of ether oxygens (including phenoxy) is 1. The Hall–Kier alpha value is -0.120. The van der Waals surface area contributed by atoms with E-state index in [4.69, 9.17) is 4.74 Å². The minimum Gasteiger partial charge on any atom is -0.376 e. The van der Waals surface area contributed by atoms with Gasteiger partial charge in [0.2, 0.25) is 0 Å². The summed E-state index contributed by atoms with van der Waals surface area (Å²) in [5.74, 6) is 0.913. The molecule has 1 aliphatic heterocycles. The highest BCUT2D eigenvalue weighted by Gasteiger charge is 2.37. The SMILES string of the molecule is CC1CCC(CNC(C)(C)C)(CN2CCOC(C)C2)CC1. The molecule has 2 rings (SSSR count). The molecule has 1 saturated carbocycles. The molecular formula is C18H36N2O. The summed E-state index contributed by atoms with van der Waals surface area (Å²) < 4.78 is 5.70. The summed E-state index contributed by atoms with van der Waals surface area (Å²) in [5.41, 5.74) is 0.686. The van der Waals surface area contributed by atoms with Crippen LogP contribution in [0.1, 0.15) is 60.3 Å². The summed E-state index contributed by atoms with van der Waals surface area (Å²) in [6.07, 6.45) is 5.94. The van der Waals surface area contributed by atoms with E-state index in [1.165, 1.54) is 32.2 Å². The van der Waals surface area contributed by atoms with Gasteiger partial charge >= 0.3 is 0 Å². The molecule has 124 valence electrons. The van der Waals surface area contributed by atoms with Crippen LogP contribution in [-0.4, -0.2) is 49.3 Å². The van der Waals surface area contributed by atoms with Crippen LogP contribution in [0.15, 0.2) is 0 Å². The lowest BCUT2D eigenvalue weighted by Gasteiger charge is -2.45. The Morgan fingerprint density at radius 1 is 1.19 bits per heavy atom. The summed E-state index contributed by atoms with van der Waals surface area (Å²) in [6, 6.07) is 0. The normalized spacial score (nSPS) is 35.9. The van der Waals surface area contributed by atoms with Crippen molar-refractivity contribution in [1.82, 2.24) is 10.2 Å². The molecule has 1 atom stereocenters. The topological polar surface area (TPSA) is 24.5 Å². The van der Waals surface area contributed by atoms with E-state index >= 15 is 0 Å². The minimum absolute atomic E-state index is 0.217. The van der Waals surface area contributed by atoms with E-state index in [0.717, 1.165) is 32.2 Å². The van der Waals surface area contributed by atoms with Crippen molar-refractivity contribution in [2.75, 3.05) is 32.8 Å². The van der Waals surface area contributed by atoms with Gasteiger partial charge in [-0.3, -0.25) is 4.90 Å². The van der Waals surface area contributed by atoms with E-state index in [9.17, 15) is 0 Å². The van der Waals surface area contributed by atoms with E-state index in [-0.39, 0.29) is 5.54 Å². The molecule has 1 unspecified atom stereocenters. The molecule has 3 heteroatoms. The van der Waals surface area contributed by atoms with Gasteiger partial charge < -0.3 is 10.1 Å². The third kappa shape index (κ3) is 5.54. The van der Waals surface area contributed by atoms with Gasteiger partial charge in [0, 0.05) is 31.7 Å². The molecule has 0 aromatic rings. The van der Waals surface area contributed by atoms with Crippen LogP contribution in [0.25, 0.3) is 0 Å². The monoisotopic (exact) mass is 296 g/mol. The number of nitrogens with one attached hydrogen (secondary N) is 1. The van der Waals surface area contributed by atoms with E-state index in [1.54, 1.807) is 0 Å². The van der Waals surface area contributed by atoms with Crippen LogP contribution in [0.5, 0.6) is 0 Å². The zero-order valence-electron chi connectivity index (χ0n) is 14.9. The summed E-state index contributed by atoms with van der Waals surface area (Å²) >= 11 is 0. The molecule has 0 aromatic heterocycles. The zero-order chi connectivity index (χ0) is 15.5. The van der Waals surface area contributed by atoms with Crippen molar-refractivity contribution in [3.05, 3.63) is 0 Å². The van der Waals surface area contributed by atoms with Crippen LogP contribution >= 0.6 is 0 Å². The number of hydrogen-bond acceptors (Lipinski definition) is 3. The third-order valence-electron chi connectivity index (χ3n) is 5.21. The first-order valence-corrected chi connectivity index (χ1v) is 8.87. The van der Waals surface area contributed by atoms with Gasteiger partial charge in [0.05, 0.1) is 12.7 Å². The Bertz CT molecular complexity index is 316. The lowest BCUT2D eigenvalue weighted by molar-refractivity contribution is -0.0392. The number of hydrogen-bond donors (Lipinski definition) is 1. The first kappa shape index (κ1) is 17.2. The van der Waals surface area contributed by atoms with Gasteiger partial charge in [-0.1, -0.05) is 19.8 Å². The van der Waals surface area contributed by atoms with Crippen LogP contribution in [0.3, 0.4) is 0 Å². The molecule has 0 spiro atoms. The number of morpholine rings is 1. The average molecular weight is 296 g/mol. The van der Waals surface area contributed by atoms with Gasteiger partial charge in [-0.25, -0.2) is 0 Å². The highest BCUT2D eigenvalue weighted by atomic mass is 16.5. The molecule has 1 heterocycles. The largest absolute Gasteiger partial charge is 0.376 e. The second kappa shape index (κ2) is 6.97. The molecule has 2 fully saturated rings. The quantitative estimate of drug-likeness (QED) is 0.861. The van der Waals surface area contributed by atoms with E-state index in [0.29, 0.717) is 11.5 Å². The molecule has 1 aliphatic carbocycles. The molecular weight excluding hydrogens is 260 g/mol. The molecule has 21 heavy (non-hydrogen) atoms. The van der Waals surface area contributed by atoms with Gasteiger partial charge in [0.15, 0.2) is 0 Å². The number of nitrogens with zero attached hydrogens (tertiary/aromatic N) is 1. The van der Waals surface area contributed by atoms with Crippen molar-refractivity contribution in [2.45, 2.75) is 71.9 Å². The Kier molecular flexibility index (Phi) is 5.72. The lowest BCUT2D eigenvalue weighted by atomic mass is 9.70. The van der Waals surface area contributed by atoms with Crippen LogP contribution < -0.4 is 5.32 Å². The van der Waals surface area contributed by atoms with Crippen molar-refractivity contribution in [1.29, 1.82) is 0 Å². The minimum atomic E-state index is 0.217. The van der Waals surface area contributed by atoms with Crippen molar-refractivity contribution in [3.63, 3.8) is 0 Å². The molecule has 0 aromatic carbocycles. The predicted octanol–water partition coefficient (Wildman–Crippen LogP) is 3.29. The lowest BCUT2D eigenvalue weighted by Crippen LogP contribution is -2.53. The molecule has 3 nitrogen and oxygen atoms in total. The average Bonchev–Trinajstić information content (AvgIpc) is 2.39. The second-order valence-electron chi connectivity index (χ2n) is 8.70. The highest BCUT2D eigenvalue weighted by molar-refractivity contribution is 4.92. The zero-order valence-corrected chi connectivity index (χ0v) is 14.9. The standard InChI is InChI=1S/C18H36N2O/c1-15-6-8-18(9-7-15,13-19-17(3,4)5)14-20-10-11-21-16(2)12-20/h15-16,19H,6-14H2,1-5H3. The van der Waals surface area contributed by atoms with Gasteiger partial charge in [0.1, 0.15) is 0 Å². The van der Waals surface area contributed by atoms with Crippen molar-refractivity contribution in [3.8, 4) is 0 Å². The summed E-state index contributed by atoms with van der Waals surface area (Å²) in [4.78, 5) is 2.65. The molecule has 1 N–H and O–H groups in total. The van der Waals surface area contributed by atoms with Gasteiger partial charge in [-0.15, -0.1) is 0 Å². The molecule has 0 bridgehead atoms. The number of rotatable bonds is 4. The molecule has 0 radical (unpaired) electrons. The maximum absolute atomic E-state index is 5.70. The molecule has 1 saturated heterocycles. The van der Waals surface area contributed by atoms with Crippen LogP contribution in [0.2, 0.25) is 0 Å². The molecule has 2 aliphatic rings. The maximum atomic E-state index is 5.70. The summed E-state index contributed by atoms with van der Waals surface area (Å²) in [5, 5.41) is 3.79.